The van der Waals surface area contributed by atoms with E-state index in [2.05, 4.69) is 35.6 Å². The molecular weight excluding hydrogens is 332 g/mol. The fourth-order valence-corrected chi connectivity index (χ4v) is 3.60. The van der Waals surface area contributed by atoms with E-state index in [-0.39, 0.29) is 5.91 Å². The van der Waals surface area contributed by atoms with Crippen LogP contribution in [0.4, 0.5) is 5.69 Å². The predicted molar refractivity (Wildman–Crippen MR) is 104 cm³/mol. The molecule has 0 unspecified atom stereocenters. The first-order chi connectivity index (χ1) is 12.2. The fraction of sp³-hybridized carbons (Fsp3) is 0.381. The average molecular weight is 357 g/mol. The Labute approximate surface area is 155 Å². The number of benzene rings is 2. The summed E-state index contributed by atoms with van der Waals surface area (Å²) >= 11 is 6.11. The molecule has 0 saturated carbocycles. The molecule has 4 heteroatoms. The van der Waals surface area contributed by atoms with Crippen molar-refractivity contribution in [3.05, 3.63) is 65.2 Å². The van der Waals surface area contributed by atoms with Gasteiger partial charge in [0.1, 0.15) is 0 Å². The maximum atomic E-state index is 12.4. The second-order valence-electron chi connectivity index (χ2n) is 6.67. The van der Waals surface area contributed by atoms with Crippen LogP contribution < -0.4 is 5.32 Å². The average Bonchev–Trinajstić information content (AvgIpc) is 2.65. The maximum Gasteiger partial charge on any atom is 0.224 e. The minimum atomic E-state index is 0.234. The summed E-state index contributed by atoms with van der Waals surface area (Å²) in [5, 5.41) is 3.94. The molecule has 0 aliphatic carbocycles. The minimum Gasteiger partial charge on any atom is -0.383 e. The van der Waals surface area contributed by atoms with Crippen molar-refractivity contribution in [2.24, 2.45) is 5.92 Å². The van der Waals surface area contributed by atoms with E-state index in [1.165, 1.54) is 5.56 Å². The molecule has 0 aromatic heterocycles. The van der Waals surface area contributed by atoms with Crippen LogP contribution in [-0.4, -0.2) is 30.4 Å². The van der Waals surface area contributed by atoms with Crippen LogP contribution in [0, 0.1) is 5.92 Å². The molecular formula is C21H25ClN2O. The number of likely N-dealkylation sites (tertiary alicyclic amines) is 1. The van der Waals surface area contributed by atoms with Crippen molar-refractivity contribution < 1.29 is 4.79 Å². The van der Waals surface area contributed by atoms with Crippen molar-refractivity contribution in [1.82, 2.24) is 4.90 Å². The summed E-state index contributed by atoms with van der Waals surface area (Å²) in [6, 6.07) is 18.3. The van der Waals surface area contributed by atoms with Gasteiger partial charge >= 0.3 is 0 Å². The smallest absolute Gasteiger partial charge is 0.224 e. The standard InChI is InChI=1S/C21H25ClN2O/c22-19-8-4-5-9-20(19)23-13-10-21(25)24-14-11-18(12-15-24)16-17-6-2-1-3-7-17/h1-9,18,23H,10-16H2. The zero-order chi connectivity index (χ0) is 17.5. The highest BCUT2D eigenvalue weighted by Crippen LogP contribution is 2.23. The third-order valence-corrected chi connectivity index (χ3v) is 5.19. The molecule has 1 saturated heterocycles. The highest BCUT2D eigenvalue weighted by molar-refractivity contribution is 6.33. The topological polar surface area (TPSA) is 32.3 Å². The molecule has 1 N–H and O–H groups in total. The van der Waals surface area contributed by atoms with E-state index in [9.17, 15) is 4.79 Å². The third kappa shape index (κ3) is 5.23. The lowest BCUT2D eigenvalue weighted by Gasteiger charge is -2.32. The summed E-state index contributed by atoms with van der Waals surface area (Å²) in [5.41, 5.74) is 2.29. The minimum absolute atomic E-state index is 0.234. The monoisotopic (exact) mass is 356 g/mol. The number of hydrogen-bond acceptors (Lipinski definition) is 2. The molecule has 1 aliphatic heterocycles. The molecule has 3 nitrogen and oxygen atoms in total. The fourth-order valence-electron chi connectivity index (χ4n) is 3.40. The first-order valence-corrected chi connectivity index (χ1v) is 9.40. The van der Waals surface area contributed by atoms with Crippen molar-refractivity contribution in [3.8, 4) is 0 Å². The number of piperidine rings is 1. The first kappa shape index (κ1) is 17.8. The lowest BCUT2D eigenvalue weighted by atomic mass is 9.90. The Balaban J connectivity index is 1.39. The molecule has 3 rings (SSSR count). The lowest BCUT2D eigenvalue weighted by Crippen LogP contribution is -2.39. The molecule has 0 spiro atoms. The van der Waals surface area contributed by atoms with Crippen molar-refractivity contribution in [1.29, 1.82) is 0 Å². The zero-order valence-electron chi connectivity index (χ0n) is 14.5. The van der Waals surface area contributed by atoms with Gasteiger partial charge in [0.2, 0.25) is 5.91 Å². The number of hydrogen-bond donors (Lipinski definition) is 1. The molecule has 0 bridgehead atoms. The van der Waals surface area contributed by atoms with Gasteiger partial charge in [-0.25, -0.2) is 0 Å². The maximum absolute atomic E-state index is 12.4. The van der Waals surface area contributed by atoms with Gasteiger partial charge in [0.15, 0.2) is 0 Å². The number of carbonyl (C=O) groups excluding carboxylic acids is 1. The quantitative estimate of drug-likeness (QED) is 0.818. The Hall–Kier alpha value is -2.00. The van der Waals surface area contributed by atoms with Gasteiger partial charge in [-0.05, 0) is 42.9 Å². The predicted octanol–water partition coefficient (Wildman–Crippen LogP) is 4.62. The van der Waals surface area contributed by atoms with Gasteiger partial charge in [-0.1, -0.05) is 54.1 Å². The van der Waals surface area contributed by atoms with E-state index in [0.29, 0.717) is 23.9 Å². The molecule has 0 radical (unpaired) electrons. The van der Waals surface area contributed by atoms with Crippen LogP contribution in [0.5, 0.6) is 0 Å². The van der Waals surface area contributed by atoms with Gasteiger partial charge < -0.3 is 10.2 Å². The summed E-state index contributed by atoms with van der Waals surface area (Å²) in [6.07, 6.45) is 3.82. The number of nitrogens with zero attached hydrogens (tertiary/aromatic N) is 1. The number of anilines is 1. The molecule has 1 fully saturated rings. The van der Waals surface area contributed by atoms with E-state index >= 15 is 0 Å². The van der Waals surface area contributed by atoms with Gasteiger partial charge in [0.25, 0.3) is 0 Å². The second kappa shape index (κ2) is 8.91. The normalized spacial score (nSPS) is 15.2. The molecule has 25 heavy (non-hydrogen) atoms. The molecule has 2 aromatic carbocycles. The number of carbonyl (C=O) groups is 1. The Morgan fingerprint density at radius 3 is 2.44 bits per heavy atom. The van der Waals surface area contributed by atoms with Crippen LogP contribution in [-0.2, 0) is 11.2 Å². The highest BCUT2D eigenvalue weighted by atomic mass is 35.5. The van der Waals surface area contributed by atoms with E-state index in [4.69, 9.17) is 11.6 Å². The summed E-state index contributed by atoms with van der Waals surface area (Å²) < 4.78 is 0. The van der Waals surface area contributed by atoms with Crippen LogP contribution in [0.1, 0.15) is 24.8 Å². The van der Waals surface area contributed by atoms with E-state index in [1.807, 2.05) is 29.2 Å². The molecule has 1 heterocycles. The van der Waals surface area contributed by atoms with Gasteiger partial charge in [0, 0.05) is 26.1 Å². The Morgan fingerprint density at radius 2 is 1.72 bits per heavy atom. The van der Waals surface area contributed by atoms with Gasteiger partial charge in [0.05, 0.1) is 10.7 Å². The zero-order valence-corrected chi connectivity index (χ0v) is 15.2. The number of halogens is 1. The van der Waals surface area contributed by atoms with Crippen LogP contribution in [0.2, 0.25) is 5.02 Å². The van der Waals surface area contributed by atoms with Gasteiger partial charge in [-0.3, -0.25) is 4.79 Å². The summed E-state index contributed by atoms with van der Waals surface area (Å²) in [7, 11) is 0. The van der Waals surface area contributed by atoms with E-state index < -0.39 is 0 Å². The summed E-state index contributed by atoms with van der Waals surface area (Å²) in [4.78, 5) is 14.4. The number of rotatable bonds is 6. The molecule has 2 aromatic rings. The van der Waals surface area contributed by atoms with Crippen molar-refractivity contribution >= 4 is 23.2 Å². The second-order valence-corrected chi connectivity index (χ2v) is 7.08. The number of para-hydroxylation sites is 1. The van der Waals surface area contributed by atoms with Crippen LogP contribution >= 0.6 is 11.6 Å². The van der Waals surface area contributed by atoms with Crippen molar-refractivity contribution in [2.45, 2.75) is 25.7 Å². The molecule has 1 aliphatic rings. The van der Waals surface area contributed by atoms with Crippen molar-refractivity contribution in [2.75, 3.05) is 25.0 Å². The van der Waals surface area contributed by atoms with Gasteiger partial charge in [-0.2, -0.15) is 0 Å². The lowest BCUT2D eigenvalue weighted by molar-refractivity contribution is -0.132. The van der Waals surface area contributed by atoms with E-state index in [1.54, 1.807) is 0 Å². The SMILES string of the molecule is O=C(CCNc1ccccc1Cl)N1CCC(Cc2ccccc2)CC1. The molecule has 1 amide bonds. The highest BCUT2D eigenvalue weighted by Gasteiger charge is 2.22. The largest absolute Gasteiger partial charge is 0.383 e. The van der Waals surface area contributed by atoms with Crippen LogP contribution in [0.15, 0.2) is 54.6 Å². The Morgan fingerprint density at radius 1 is 1.04 bits per heavy atom. The molecule has 132 valence electrons. The number of amides is 1. The third-order valence-electron chi connectivity index (χ3n) is 4.86. The van der Waals surface area contributed by atoms with Crippen LogP contribution in [0.25, 0.3) is 0 Å². The first-order valence-electron chi connectivity index (χ1n) is 9.02. The van der Waals surface area contributed by atoms with Crippen LogP contribution in [0.3, 0.4) is 0 Å². The Kier molecular flexibility index (Phi) is 6.35. The summed E-state index contributed by atoms with van der Waals surface area (Å²) in [6.45, 7) is 2.37. The molecule has 0 atom stereocenters. The summed E-state index contributed by atoms with van der Waals surface area (Å²) in [5.74, 6) is 0.922. The number of nitrogens with one attached hydrogen (secondary N) is 1. The Bertz CT molecular complexity index is 681. The van der Waals surface area contributed by atoms with Gasteiger partial charge in [-0.15, -0.1) is 0 Å². The van der Waals surface area contributed by atoms with Crippen molar-refractivity contribution in [3.63, 3.8) is 0 Å². The van der Waals surface area contributed by atoms with E-state index in [0.717, 1.165) is 38.0 Å².